The van der Waals surface area contributed by atoms with Gasteiger partial charge in [-0.3, -0.25) is 4.98 Å². The van der Waals surface area contributed by atoms with Crippen LogP contribution in [0.5, 0.6) is 0 Å². The number of nitrogens with zero attached hydrogens (tertiary/aromatic N) is 1. The van der Waals surface area contributed by atoms with Gasteiger partial charge < -0.3 is 5.73 Å². The fraction of sp³-hybridized carbons (Fsp3) is 0.308. The van der Waals surface area contributed by atoms with Crippen LogP contribution in [0.4, 0.5) is 5.69 Å². The number of benzene rings is 1. The Bertz CT molecular complexity index is 494. The van der Waals surface area contributed by atoms with Gasteiger partial charge in [0.2, 0.25) is 0 Å². The summed E-state index contributed by atoms with van der Waals surface area (Å²) in [5.41, 5.74) is 6.73. The molecule has 0 saturated heterocycles. The first kappa shape index (κ1) is 11.3. The Morgan fingerprint density at radius 2 is 2.06 bits per heavy atom. The van der Waals surface area contributed by atoms with E-state index >= 15 is 0 Å². The molecule has 2 nitrogen and oxygen atoms in total. The summed E-state index contributed by atoms with van der Waals surface area (Å²) >= 11 is 1.88. The van der Waals surface area contributed by atoms with Gasteiger partial charge in [0, 0.05) is 39.5 Å². The van der Waals surface area contributed by atoms with E-state index in [9.17, 15) is 0 Å². The van der Waals surface area contributed by atoms with Crippen LogP contribution in [-0.4, -0.2) is 10.7 Å². The highest BCUT2D eigenvalue weighted by atomic mass is 32.2. The summed E-state index contributed by atoms with van der Waals surface area (Å²) in [6.07, 6.45) is 3.66. The Morgan fingerprint density at radius 3 is 2.81 bits per heavy atom. The molecule has 0 atom stereocenters. The summed E-state index contributed by atoms with van der Waals surface area (Å²) in [5.74, 6) is 1.82. The SMILES string of the molecule is CC(C)CSc1ccc(N)c2cnccc12. The van der Waals surface area contributed by atoms with E-state index in [1.807, 2.05) is 36.3 Å². The lowest BCUT2D eigenvalue weighted by molar-refractivity contribution is 0.750. The van der Waals surface area contributed by atoms with Crippen molar-refractivity contribution in [3.05, 3.63) is 30.6 Å². The van der Waals surface area contributed by atoms with Crippen molar-refractivity contribution in [1.29, 1.82) is 0 Å². The number of fused-ring (bicyclic) bond motifs is 1. The summed E-state index contributed by atoms with van der Waals surface area (Å²) in [6.45, 7) is 4.46. The van der Waals surface area contributed by atoms with Crippen molar-refractivity contribution in [2.45, 2.75) is 18.7 Å². The third-order valence-corrected chi connectivity index (χ3v) is 3.88. The number of hydrogen-bond donors (Lipinski definition) is 1. The predicted octanol–water partition coefficient (Wildman–Crippen LogP) is 3.57. The van der Waals surface area contributed by atoms with Crippen LogP contribution < -0.4 is 5.73 Å². The topological polar surface area (TPSA) is 38.9 Å². The van der Waals surface area contributed by atoms with Crippen molar-refractivity contribution in [3.8, 4) is 0 Å². The molecule has 0 bridgehead atoms. The molecule has 0 aliphatic carbocycles. The monoisotopic (exact) mass is 232 g/mol. The molecule has 2 rings (SSSR count). The lowest BCUT2D eigenvalue weighted by atomic mass is 10.1. The maximum absolute atomic E-state index is 5.93. The van der Waals surface area contributed by atoms with Crippen LogP contribution in [0.2, 0.25) is 0 Å². The van der Waals surface area contributed by atoms with Crippen LogP contribution in [-0.2, 0) is 0 Å². The van der Waals surface area contributed by atoms with Crippen molar-refractivity contribution in [2.75, 3.05) is 11.5 Å². The number of nitrogens with two attached hydrogens (primary N) is 1. The standard InChI is InChI=1S/C13H16N2S/c1-9(2)8-16-13-4-3-12(14)11-7-15-6-5-10(11)13/h3-7,9H,8,14H2,1-2H3. The van der Waals surface area contributed by atoms with Gasteiger partial charge in [-0.15, -0.1) is 11.8 Å². The molecule has 1 heterocycles. The van der Waals surface area contributed by atoms with Crippen molar-refractivity contribution < 1.29 is 0 Å². The molecule has 1 aromatic heterocycles. The fourth-order valence-electron chi connectivity index (χ4n) is 1.57. The van der Waals surface area contributed by atoms with Crippen LogP contribution in [0.15, 0.2) is 35.5 Å². The molecule has 0 saturated carbocycles. The first-order valence-electron chi connectivity index (χ1n) is 5.43. The highest BCUT2D eigenvalue weighted by Crippen LogP contribution is 2.31. The second-order valence-electron chi connectivity index (χ2n) is 4.28. The van der Waals surface area contributed by atoms with Gasteiger partial charge in [-0.1, -0.05) is 13.8 Å². The first-order chi connectivity index (χ1) is 7.68. The lowest BCUT2D eigenvalue weighted by Crippen LogP contribution is -1.92. The minimum Gasteiger partial charge on any atom is -0.398 e. The zero-order valence-corrected chi connectivity index (χ0v) is 10.4. The van der Waals surface area contributed by atoms with Crippen LogP contribution >= 0.6 is 11.8 Å². The van der Waals surface area contributed by atoms with E-state index in [-0.39, 0.29) is 0 Å². The van der Waals surface area contributed by atoms with Crippen molar-refractivity contribution in [3.63, 3.8) is 0 Å². The minimum atomic E-state index is 0.694. The van der Waals surface area contributed by atoms with Gasteiger partial charge in [0.1, 0.15) is 0 Å². The Kier molecular flexibility index (Phi) is 3.34. The maximum atomic E-state index is 5.93. The van der Waals surface area contributed by atoms with Crippen molar-refractivity contribution in [1.82, 2.24) is 4.98 Å². The van der Waals surface area contributed by atoms with Gasteiger partial charge in [0.25, 0.3) is 0 Å². The third kappa shape index (κ3) is 2.30. The normalized spacial score (nSPS) is 11.2. The fourth-order valence-corrected chi connectivity index (χ4v) is 2.58. The molecule has 16 heavy (non-hydrogen) atoms. The van der Waals surface area contributed by atoms with Crippen molar-refractivity contribution in [2.24, 2.45) is 5.92 Å². The molecule has 0 aliphatic rings. The van der Waals surface area contributed by atoms with Gasteiger partial charge >= 0.3 is 0 Å². The summed E-state index contributed by atoms with van der Waals surface area (Å²) in [5, 5.41) is 2.26. The Labute approximate surface area is 100 Å². The summed E-state index contributed by atoms with van der Waals surface area (Å²) in [6, 6.07) is 6.10. The summed E-state index contributed by atoms with van der Waals surface area (Å²) in [4.78, 5) is 5.41. The van der Waals surface area contributed by atoms with Crippen molar-refractivity contribution >= 4 is 28.2 Å². The van der Waals surface area contributed by atoms with E-state index in [4.69, 9.17) is 5.73 Å². The molecule has 3 heteroatoms. The highest BCUT2D eigenvalue weighted by Gasteiger charge is 2.05. The average Bonchev–Trinajstić information content (AvgIpc) is 2.28. The summed E-state index contributed by atoms with van der Waals surface area (Å²) in [7, 11) is 0. The second-order valence-corrected chi connectivity index (χ2v) is 5.34. The molecular formula is C13H16N2S. The second kappa shape index (κ2) is 4.74. The number of pyridine rings is 1. The number of anilines is 1. The Morgan fingerprint density at radius 1 is 1.25 bits per heavy atom. The van der Waals surface area contributed by atoms with E-state index in [1.54, 1.807) is 0 Å². The van der Waals surface area contributed by atoms with E-state index in [0.29, 0.717) is 5.92 Å². The van der Waals surface area contributed by atoms with Crippen LogP contribution in [0.25, 0.3) is 10.8 Å². The zero-order valence-electron chi connectivity index (χ0n) is 9.60. The van der Waals surface area contributed by atoms with Crippen LogP contribution in [0.1, 0.15) is 13.8 Å². The number of thioether (sulfide) groups is 1. The number of nitrogen functional groups attached to an aromatic ring is 1. The smallest absolute Gasteiger partial charge is 0.0410 e. The Balaban J connectivity index is 2.42. The molecule has 0 unspecified atom stereocenters. The molecule has 0 amide bonds. The average molecular weight is 232 g/mol. The molecule has 0 fully saturated rings. The van der Waals surface area contributed by atoms with Gasteiger partial charge in [0.05, 0.1) is 0 Å². The van der Waals surface area contributed by atoms with Crippen LogP contribution in [0, 0.1) is 5.92 Å². The minimum absolute atomic E-state index is 0.694. The van der Waals surface area contributed by atoms with Gasteiger partial charge in [0.15, 0.2) is 0 Å². The molecule has 0 radical (unpaired) electrons. The summed E-state index contributed by atoms with van der Waals surface area (Å²) < 4.78 is 0. The van der Waals surface area contributed by atoms with Crippen LogP contribution in [0.3, 0.4) is 0 Å². The Hall–Kier alpha value is -1.22. The lowest BCUT2D eigenvalue weighted by Gasteiger charge is -2.09. The molecule has 1 aromatic carbocycles. The number of rotatable bonds is 3. The quantitative estimate of drug-likeness (QED) is 0.649. The predicted molar refractivity (Wildman–Crippen MR) is 71.7 cm³/mol. The number of aromatic nitrogens is 1. The zero-order chi connectivity index (χ0) is 11.5. The molecule has 2 N–H and O–H groups in total. The molecule has 0 spiro atoms. The van der Waals surface area contributed by atoms with E-state index in [2.05, 4.69) is 24.9 Å². The van der Waals surface area contributed by atoms with Gasteiger partial charge in [-0.25, -0.2) is 0 Å². The molecular weight excluding hydrogens is 216 g/mol. The third-order valence-electron chi connectivity index (χ3n) is 2.38. The van der Waals surface area contributed by atoms with E-state index in [0.717, 1.165) is 16.8 Å². The highest BCUT2D eigenvalue weighted by molar-refractivity contribution is 7.99. The maximum Gasteiger partial charge on any atom is 0.0410 e. The number of hydrogen-bond acceptors (Lipinski definition) is 3. The molecule has 2 aromatic rings. The van der Waals surface area contributed by atoms with E-state index in [1.165, 1.54) is 10.3 Å². The van der Waals surface area contributed by atoms with E-state index < -0.39 is 0 Å². The largest absolute Gasteiger partial charge is 0.398 e. The molecule has 84 valence electrons. The van der Waals surface area contributed by atoms with Gasteiger partial charge in [-0.05, 0) is 24.1 Å². The van der Waals surface area contributed by atoms with Gasteiger partial charge in [-0.2, -0.15) is 0 Å². The molecule has 0 aliphatic heterocycles. The first-order valence-corrected chi connectivity index (χ1v) is 6.42.